The second-order valence-corrected chi connectivity index (χ2v) is 6.64. The lowest BCUT2D eigenvalue weighted by Crippen LogP contribution is -2.38. The predicted octanol–water partition coefficient (Wildman–Crippen LogP) is 3.58. The van der Waals surface area contributed by atoms with Crippen molar-refractivity contribution in [2.45, 2.75) is 39.7 Å². The Balaban J connectivity index is 1.90. The Morgan fingerprint density at radius 3 is 2.37 bits per heavy atom. The third-order valence-electron chi connectivity index (χ3n) is 4.04. The molecular weight excluding hydrogens is 340 g/mol. The van der Waals surface area contributed by atoms with Crippen LogP contribution in [0.4, 0.5) is 5.69 Å². The molecule has 5 heteroatoms. The van der Waals surface area contributed by atoms with Gasteiger partial charge < -0.3 is 15.0 Å². The van der Waals surface area contributed by atoms with Crippen LogP contribution < -0.4 is 15.0 Å². The van der Waals surface area contributed by atoms with Crippen molar-refractivity contribution in [2.24, 2.45) is 0 Å². The van der Waals surface area contributed by atoms with Crippen molar-refractivity contribution in [3.63, 3.8) is 0 Å². The number of para-hydroxylation sites is 2. The molecule has 2 aromatic carbocycles. The van der Waals surface area contributed by atoms with Crippen LogP contribution in [0.1, 0.15) is 32.8 Å². The summed E-state index contributed by atoms with van der Waals surface area (Å²) < 4.78 is 5.81. The van der Waals surface area contributed by atoms with Crippen molar-refractivity contribution in [2.75, 3.05) is 18.0 Å². The molecule has 2 rings (SSSR count). The normalized spacial score (nSPS) is 10.5. The second kappa shape index (κ2) is 10.4. The highest BCUT2D eigenvalue weighted by molar-refractivity contribution is 5.93. The van der Waals surface area contributed by atoms with Crippen molar-refractivity contribution < 1.29 is 14.3 Å². The van der Waals surface area contributed by atoms with E-state index in [1.807, 2.05) is 68.4 Å². The molecule has 0 aliphatic rings. The van der Waals surface area contributed by atoms with Crippen LogP contribution in [0.3, 0.4) is 0 Å². The summed E-state index contributed by atoms with van der Waals surface area (Å²) in [5, 5.41) is 2.89. The lowest BCUT2D eigenvalue weighted by Gasteiger charge is -2.24. The Hall–Kier alpha value is -2.82. The molecule has 1 N–H and O–H groups in total. The number of hydrogen-bond donors (Lipinski definition) is 1. The number of benzene rings is 2. The van der Waals surface area contributed by atoms with E-state index in [9.17, 15) is 9.59 Å². The molecule has 5 nitrogen and oxygen atoms in total. The van der Waals surface area contributed by atoms with Gasteiger partial charge in [0.15, 0.2) is 0 Å². The highest BCUT2D eigenvalue weighted by Crippen LogP contribution is 2.28. The zero-order chi connectivity index (χ0) is 19.6. The van der Waals surface area contributed by atoms with Crippen LogP contribution in [0, 0.1) is 0 Å². The van der Waals surface area contributed by atoms with Crippen LogP contribution in [0.2, 0.25) is 0 Å². The van der Waals surface area contributed by atoms with Crippen molar-refractivity contribution in [1.29, 1.82) is 0 Å². The van der Waals surface area contributed by atoms with Crippen molar-refractivity contribution in [3.8, 4) is 5.75 Å². The smallest absolute Gasteiger partial charge is 0.224 e. The number of hydrogen-bond acceptors (Lipinski definition) is 3. The first-order valence-corrected chi connectivity index (χ1v) is 9.31. The van der Waals surface area contributed by atoms with Crippen LogP contribution in [0.5, 0.6) is 5.75 Å². The van der Waals surface area contributed by atoms with E-state index >= 15 is 0 Å². The number of amides is 2. The summed E-state index contributed by atoms with van der Waals surface area (Å²) in [6.45, 7) is 6.20. The molecule has 0 unspecified atom stereocenters. The van der Waals surface area contributed by atoms with E-state index in [1.54, 1.807) is 4.90 Å². The van der Waals surface area contributed by atoms with Gasteiger partial charge >= 0.3 is 0 Å². The Labute approximate surface area is 161 Å². The largest absolute Gasteiger partial charge is 0.489 e. The number of carbonyl (C=O) groups excluding carboxylic acids is 2. The first kappa shape index (κ1) is 20.5. The molecule has 0 atom stereocenters. The Morgan fingerprint density at radius 2 is 1.70 bits per heavy atom. The molecule has 0 saturated carbocycles. The van der Waals surface area contributed by atoms with Gasteiger partial charge in [-0.2, -0.15) is 0 Å². The number of anilines is 1. The van der Waals surface area contributed by atoms with Crippen LogP contribution in [0.15, 0.2) is 54.6 Å². The maximum absolute atomic E-state index is 12.1. The summed E-state index contributed by atoms with van der Waals surface area (Å²) in [6.07, 6.45) is 1.14. The fourth-order valence-corrected chi connectivity index (χ4v) is 2.78. The minimum Gasteiger partial charge on any atom is -0.489 e. The fourth-order valence-electron chi connectivity index (χ4n) is 2.78. The molecule has 144 valence electrons. The zero-order valence-corrected chi connectivity index (χ0v) is 16.3. The molecule has 0 spiro atoms. The zero-order valence-electron chi connectivity index (χ0n) is 16.3. The monoisotopic (exact) mass is 368 g/mol. The van der Waals surface area contributed by atoms with Crippen LogP contribution in [-0.2, 0) is 16.0 Å². The van der Waals surface area contributed by atoms with Gasteiger partial charge in [-0.15, -0.1) is 0 Å². The van der Waals surface area contributed by atoms with Gasteiger partial charge in [0.1, 0.15) is 5.75 Å². The molecule has 2 aromatic rings. The van der Waals surface area contributed by atoms with Crippen molar-refractivity contribution in [3.05, 3.63) is 60.2 Å². The molecule has 0 aliphatic heterocycles. The van der Waals surface area contributed by atoms with E-state index in [-0.39, 0.29) is 17.9 Å². The molecule has 0 saturated heterocycles. The average molecular weight is 368 g/mol. The van der Waals surface area contributed by atoms with Gasteiger partial charge in [0.05, 0.1) is 11.8 Å². The summed E-state index contributed by atoms with van der Waals surface area (Å²) >= 11 is 0. The molecule has 0 bridgehead atoms. The maximum atomic E-state index is 12.1. The SMILES string of the molecule is CC(=O)N(CCNC(=O)CCc1ccccc1)c1ccccc1OC(C)C. The summed E-state index contributed by atoms with van der Waals surface area (Å²) in [5.41, 5.74) is 1.86. The summed E-state index contributed by atoms with van der Waals surface area (Å²) in [5.74, 6) is 0.556. The van der Waals surface area contributed by atoms with Gasteiger partial charge in [0, 0.05) is 26.4 Å². The minimum atomic E-state index is -0.0895. The number of nitrogens with one attached hydrogen (secondary N) is 1. The molecule has 0 heterocycles. The first-order chi connectivity index (χ1) is 13.0. The first-order valence-electron chi connectivity index (χ1n) is 9.31. The molecule has 0 aliphatic carbocycles. The highest BCUT2D eigenvalue weighted by atomic mass is 16.5. The van der Waals surface area contributed by atoms with Crippen molar-refractivity contribution in [1.82, 2.24) is 5.32 Å². The quantitative estimate of drug-likeness (QED) is 0.736. The summed E-state index contributed by atoms with van der Waals surface area (Å²) in [4.78, 5) is 25.8. The van der Waals surface area contributed by atoms with E-state index in [2.05, 4.69) is 5.32 Å². The van der Waals surface area contributed by atoms with Gasteiger partial charge in [0.2, 0.25) is 11.8 Å². The number of carbonyl (C=O) groups is 2. The number of aryl methyl sites for hydroxylation is 1. The molecule has 27 heavy (non-hydrogen) atoms. The van der Waals surface area contributed by atoms with Crippen LogP contribution in [0.25, 0.3) is 0 Å². The molecule has 0 fully saturated rings. The van der Waals surface area contributed by atoms with Gasteiger partial charge in [-0.1, -0.05) is 42.5 Å². The molecular formula is C22H28N2O3. The average Bonchev–Trinajstić information content (AvgIpc) is 2.64. The Morgan fingerprint density at radius 1 is 1.04 bits per heavy atom. The van der Waals surface area contributed by atoms with Gasteiger partial charge in [-0.25, -0.2) is 0 Å². The van der Waals surface area contributed by atoms with Crippen LogP contribution in [-0.4, -0.2) is 31.0 Å². The Kier molecular flexibility index (Phi) is 7.86. The standard InChI is InChI=1S/C22H28N2O3/c1-17(2)27-21-12-8-7-11-20(21)24(18(3)25)16-15-23-22(26)14-13-19-9-5-4-6-10-19/h4-12,17H,13-16H2,1-3H3,(H,23,26). The lowest BCUT2D eigenvalue weighted by molar-refractivity contribution is -0.121. The number of rotatable bonds is 9. The van der Waals surface area contributed by atoms with E-state index in [0.29, 0.717) is 31.7 Å². The van der Waals surface area contributed by atoms with Crippen molar-refractivity contribution >= 4 is 17.5 Å². The summed E-state index contributed by atoms with van der Waals surface area (Å²) in [7, 11) is 0. The van der Waals surface area contributed by atoms with Gasteiger partial charge in [0.25, 0.3) is 0 Å². The number of ether oxygens (including phenoxy) is 1. The molecule has 0 aromatic heterocycles. The minimum absolute atomic E-state index is 0.0117. The molecule has 2 amide bonds. The summed E-state index contributed by atoms with van der Waals surface area (Å²) in [6, 6.07) is 17.4. The second-order valence-electron chi connectivity index (χ2n) is 6.64. The third kappa shape index (κ3) is 6.77. The van der Waals surface area contributed by atoms with E-state index < -0.39 is 0 Å². The Bertz CT molecular complexity index is 744. The van der Waals surface area contributed by atoms with Gasteiger partial charge in [-0.3, -0.25) is 9.59 Å². The maximum Gasteiger partial charge on any atom is 0.224 e. The lowest BCUT2D eigenvalue weighted by atomic mass is 10.1. The van der Waals surface area contributed by atoms with E-state index in [4.69, 9.17) is 4.74 Å². The van der Waals surface area contributed by atoms with E-state index in [1.165, 1.54) is 6.92 Å². The van der Waals surface area contributed by atoms with E-state index in [0.717, 1.165) is 11.3 Å². The fraction of sp³-hybridized carbons (Fsp3) is 0.364. The topological polar surface area (TPSA) is 58.6 Å². The van der Waals surface area contributed by atoms with Gasteiger partial charge in [-0.05, 0) is 38.0 Å². The predicted molar refractivity (Wildman–Crippen MR) is 108 cm³/mol. The third-order valence-corrected chi connectivity index (χ3v) is 4.04. The van der Waals surface area contributed by atoms with Crippen LogP contribution >= 0.6 is 0 Å². The molecule has 0 radical (unpaired) electrons. The number of nitrogens with zero attached hydrogens (tertiary/aromatic N) is 1. The highest BCUT2D eigenvalue weighted by Gasteiger charge is 2.16.